The highest BCUT2D eigenvalue weighted by atomic mass is 16.2. The third-order valence-corrected chi connectivity index (χ3v) is 7.47. The Kier molecular flexibility index (Phi) is 18.6. The van der Waals surface area contributed by atoms with Crippen molar-refractivity contribution < 1.29 is 18.9 Å². The summed E-state index contributed by atoms with van der Waals surface area (Å²) in [5.74, 6) is -1.21. The van der Waals surface area contributed by atoms with Crippen molar-refractivity contribution in [2.75, 3.05) is 40.8 Å². The number of nitrogens with zero attached hydrogens (tertiary/aromatic N) is 1. The zero-order valence-corrected chi connectivity index (χ0v) is 25.4. The monoisotopic (exact) mass is 525 g/mol. The number of hydrogen-bond donors (Lipinski definition) is 3. The quantitative estimate of drug-likeness (QED) is 0.127. The second-order valence-electron chi connectivity index (χ2n) is 12.5. The molecule has 7 heteroatoms. The van der Waals surface area contributed by atoms with Crippen molar-refractivity contribution in [1.29, 1.82) is 0 Å². The Hall–Kier alpha value is -1.63. The van der Waals surface area contributed by atoms with Gasteiger partial charge in [0.1, 0.15) is 0 Å². The fourth-order valence-corrected chi connectivity index (χ4v) is 4.95. The van der Waals surface area contributed by atoms with E-state index in [-0.39, 0.29) is 17.7 Å². The molecule has 0 aromatic heterocycles. The minimum atomic E-state index is -0.833. The van der Waals surface area contributed by atoms with E-state index in [2.05, 4.69) is 38.7 Å². The van der Waals surface area contributed by atoms with Crippen LogP contribution in [0.2, 0.25) is 0 Å². The normalized spacial score (nSPS) is 15.0. The molecular weight excluding hydrogens is 464 g/mol. The first-order valence-corrected chi connectivity index (χ1v) is 15.0. The molecule has 0 aliphatic carbocycles. The van der Waals surface area contributed by atoms with E-state index in [0.717, 1.165) is 30.3 Å². The molecule has 3 unspecified atom stereocenters. The highest BCUT2D eigenvalue weighted by Crippen LogP contribution is 2.35. The molecule has 0 aromatic carbocycles. The van der Waals surface area contributed by atoms with Crippen LogP contribution in [-0.2, 0) is 14.4 Å². The molecular formula is C30H61N4O3+. The van der Waals surface area contributed by atoms with Crippen LogP contribution in [0.25, 0.3) is 0 Å². The Labute approximate surface area is 228 Å². The predicted octanol–water partition coefficient (Wildman–Crippen LogP) is 5.17. The van der Waals surface area contributed by atoms with Crippen LogP contribution in [0.3, 0.4) is 0 Å². The summed E-state index contributed by atoms with van der Waals surface area (Å²) < 4.78 is 0.836. The Morgan fingerprint density at radius 3 is 1.78 bits per heavy atom. The molecule has 0 heterocycles. The van der Waals surface area contributed by atoms with Gasteiger partial charge in [-0.15, -0.1) is 0 Å². The number of unbranched alkanes of at least 4 members (excludes halogenated alkanes) is 9. The molecule has 218 valence electrons. The minimum absolute atomic E-state index is 0.00853. The summed E-state index contributed by atoms with van der Waals surface area (Å²) >= 11 is 0. The lowest BCUT2D eigenvalue weighted by atomic mass is 9.73. The lowest BCUT2D eigenvalue weighted by Crippen LogP contribution is -2.45. The molecule has 7 nitrogen and oxygen atoms in total. The van der Waals surface area contributed by atoms with Gasteiger partial charge in [0.05, 0.1) is 27.7 Å². The van der Waals surface area contributed by atoms with Crippen molar-refractivity contribution in [3.8, 4) is 0 Å². The Balaban J connectivity index is 4.70. The zero-order chi connectivity index (χ0) is 28.3. The smallest absolute Gasteiger partial charge is 0.225 e. The van der Waals surface area contributed by atoms with Crippen LogP contribution in [0, 0.1) is 17.3 Å². The van der Waals surface area contributed by atoms with Crippen molar-refractivity contribution in [2.24, 2.45) is 23.0 Å². The molecule has 0 aliphatic heterocycles. The number of quaternary nitrogens is 1. The molecule has 3 atom stereocenters. The topological polar surface area (TPSA) is 101 Å². The number of hydrogen-bond acceptors (Lipinski definition) is 3. The fraction of sp³-hybridized carbons (Fsp3) is 0.900. The lowest BCUT2D eigenvalue weighted by molar-refractivity contribution is -0.870. The molecule has 0 fully saturated rings. The van der Waals surface area contributed by atoms with Crippen molar-refractivity contribution in [2.45, 2.75) is 118 Å². The predicted molar refractivity (Wildman–Crippen MR) is 155 cm³/mol. The van der Waals surface area contributed by atoms with Crippen molar-refractivity contribution in [3.05, 3.63) is 0 Å². The van der Waals surface area contributed by atoms with Crippen LogP contribution in [0.1, 0.15) is 118 Å². The molecule has 3 amide bonds. The number of nitrogens with one attached hydrogen (secondary N) is 2. The molecule has 0 radical (unpaired) electrons. The van der Waals surface area contributed by atoms with E-state index in [1.54, 1.807) is 6.92 Å². The SMILES string of the molecule is CCCCCCCCCCCCNC(=O)C(CC)CC(C)(CC(C)C(N)=O)C(=O)NCCC[N+](C)(C)C. The van der Waals surface area contributed by atoms with Crippen LogP contribution < -0.4 is 16.4 Å². The minimum Gasteiger partial charge on any atom is -0.369 e. The van der Waals surface area contributed by atoms with Gasteiger partial charge < -0.3 is 20.9 Å². The van der Waals surface area contributed by atoms with Crippen LogP contribution >= 0.6 is 0 Å². The maximum atomic E-state index is 13.3. The number of carbonyl (C=O) groups excluding carboxylic acids is 3. The summed E-state index contributed by atoms with van der Waals surface area (Å²) in [6.07, 6.45) is 14.9. The highest BCUT2D eigenvalue weighted by molar-refractivity contribution is 5.85. The van der Waals surface area contributed by atoms with Crippen LogP contribution in [0.4, 0.5) is 0 Å². The molecule has 0 rings (SSSR count). The number of amides is 3. The van der Waals surface area contributed by atoms with Crippen molar-refractivity contribution >= 4 is 17.7 Å². The standard InChI is InChI=1S/C30H60N4O3/c1-8-10-11-12-13-14-15-16-17-18-20-32-28(36)26(9-2)24-30(4,23-25(3)27(31)35)29(37)33-21-19-22-34(5,6)7/h25-26H,8-24H2,1-7H3,(H3-,31,32,33,35,36,37)/p+1. The van der Waals surface area contributed by atoms with Gasteiger partial charge in [-0.1, -0.05) is 85.5 Å². The summed E-state index contributed by atoms with van der Waals surface area (Å²) in [6.45, 7) is 10.1. The van der Waals surface area contributed by atoms with E-state index in [9.17, 15) is 14.4 Å². The average molecular weight is 526 g/mol. The maximum Gasteiger partial charge on any atom is 0.225 e. The zero-order valence-electron chi connectivity index (χ0n) is 25.4. The van der Waals surface area contributed by atoms with Gasteiger partial charge in [0, 0.05) is 36.8 Å². The van der Waals surface area contributed by atoms with E-state index in [0.29, 0.717) is 32.4 Å². The van der Waals surface area contributed by atoms with Gasteiger partial charge in [-0.3, -0.25) is 14.4 Å². The highest BCUT2D eigenvalue weighted by Gasteiger charge is 2.39. The number of nitrogens with two attached hydrogens (primary N) is 1. The van der Waals surface area contributed by atoms with Gasteiger partial charge in [-0.05, 0) is 25.7 Å². The van der Waals surface area contributed by atoms with Gasteiger partial charge in [0.25, 0.3) is 0 Å². The largest absolute Gasteiger partial charge is 0.369 e. The molecule has 0 aliphatic rings. The first-order valence-electron chi connectivity index (χ1n) is 15.0. The van der Waals surface area contributed by atoms with E-state index < -0.39 is 17.2 Å². The molecule has 0 bridgehead atoms. The molecule has 0 saturated carbocycles. The Morgan fingerprint density at radius 2 is 1.30 bits per heavy atom. The van der Waals surface area contributed by atoms with Crippen LogP contribution in [0.15, 0.2) is 0 Å². The third-order valence-electron chi connectivity index (χ3n) is 7.47. The third kappa shape index (κ3) is 17.5. The first-order chi connectivity index (χ1) is 17.4. The lowest BCUT2D eigenvalue weighted by Gasteiger charge is -2.33. The maximum absolute atomic E-state index is 13.3. The average Bonchev–Trinajstić information content (AvgIpc) is 2.82. The summed E-state index contributed by atoms with van der Waals surface area (Å²) in [6, 6.07) is 0. The number of primary amides is 1. The Bertz CT molecular complexity index is 647. The van der Waals surface area contributed by atoms with Crippen molar-refractivity contribution in [3.63, 3.8) is 0 Å². The second-order valence-corrected chi connectivity index (χ2v) is 12.5. The molecule has 0 aromatic rings. The number of carbonyl (C=O) groups is 3. The summed E-state index contributed by atoms with van der Waals surface area (Å²) in [4.78, 5) is 38.1. The van der Waals surface area contributed by atoms with E-state index >= 15 is 0 Å². The van der Waals surface area contributed by atoms with Gasteiger partial charge in [0.2, 0.25) is 17.7 Å². The van der Waals surface area contributed by atoms with E-state index in [1.807, 2.05) is 13.8 Å². The molecule has 37 heavy (non-hydrogen) atoms. The van der Waals surface area contributed by atoms with Crippen LogP contribution in [-0.4, -0.2) is 63.0 Å². The molecule has 0 spiro atoms. The number of rotatable bonds is 23. The summed E-state index contributed by atoms with van der Waals surface area (Å²) in [5.41, 5.74) is 4.70. The Morgan fingerprint density at radius 1 is 0.784 bits per heavy atom. The molecule has 0 saturated heterocycles. The summed E-state index contributed by atoms with van der Waals surface area (Å²) in [7, 11) is 6.38. The first kappa shape index (κ1) is 35.4. The van der Waals surface area contributed by atoms with Gasteiger partial charge in [-0.25, -0.2) is 0 Å². The van der Waals surface area contributed by atoms with Crippen molar-refractivity contribution in [1.82, 2.24) is 10.6 Å². The van der Waals surface area contributed by atoms with E-state index in [1.165, 1.54) is 51.4 Å². The van der Waals surface area contributed by atoms with Gasteiger partial charge >= 0.3 is 0 Å². The second kappa shape index (κ2) is 19.4. The fourth-order valence-electron chi connectivity index (χ4n) is 4.95. The molecule has 4 N–H and O–H groups in total. The van der Waals surface area contributed by atoms with Gasteiger partial charge in [-0.2, -0.15) is 0 Å². The summed E-state index contributed by atoms with van der Waals surface area (Å²) in [5, 5.41) is 6.17. The van der Waals surface area contributed by atoms with Gasteiger partial charge in [0.15, 0.2) is 0 Å². The van der Waals surface area contributed by atoms with Crippen LogP contribution in [0.5, 0.6) is 0 Å². The van der Waals surface area contributed by atoms with E-state index in [4.69, 9.17) is 5.73 Å².